The Balaban J connectivity index is 2.13. The van der Waals surface area contributed by atoms with Gasteiger partial charge in [0.2, 0.25) is 0 Å². The van der Waals surface area contributed by atoms with Crippen LogP contribution in [0.1, 0.15) is 12.5 Å². The Hall–Kier alpha value is -2.60. The summed E-state index contributed by atoms with van der Waals surface area (Å²) < 4.78 is 11.2. The molecule has 3 rings (SSSR count). The van der Waals surface area contributed by atoms with Crippen LogP contribution in [0.5, 0.6) is 11.5 Å². The van der Waals surface area contributed by atoms with E-state index in [1.165, 1.54) is 0 Å². The van der Waals surface area contributed by atoms with E-state index in [9.17, 15) is 0 Å². The number of hydrogen-bond donors (Lipinski definition) is 1. The number of rotatable bonds is 1. The van der Waals surface area contributed by atoms with Gasteiger partial charge >= 0.3 is 0 Å². The lowest BCUT2D eigenvalue weighted by Gasteiger charge is -2.19. The molecule has 0 amide bonds. The summed E-state index contributed by atoms with van der Waals surface area (Å²) in [6.45, 7) is 2.98. The van der Waals surface area contributed by atoms with Crippen molar-refractivity contribution in [3.05, 3.63) is 42.0 Å². The predicted octanol–water partition coefficient (Wildman–Crippen LogP) is 3.08. The predicted molar refractivity (Wildman–Crippen MR) is 79.8 cm³/mol. The van der Waals surface area contributed by atoms with Crippen LogP contribution < -0.4 is 15.2 Å². The van der Waals surface area contributed by atoms with E-state index in [1.54, 1.807) is 6.92 Å². The van der Waals surface area contributed by atoms with Gasteiger partial charge < -0.3 is 15.2 Å². The molecule has 20 heavy (non-hydrogen) atoms. The lowest BCUT2D eigenvalue weighted by Crippen LogP contribution is -2.15. The highest BCUT2D eigenvalue weighted by Gasteiger charge is 2.14. The number of ether oxygens (including phenoxy) is 2. The van der Waals surface area contributed by atoms with Gasteiger partial charge in [-0.25, -0.2) is 0 Å². The Kier molecular flexibility index (Phi) is 3.22. The van der Waals surface area contributed by atoms with Crippen LogP contribution in [0.2, 0.25) is 0 Å². The van der Waals surface area contributed by atoms with Crippen LogP contribution in [0.25, 0.3) is 11.1 Å². The van der Waals surface area contributed by atoms with Crippen molar-refractivity contribution in [3.8, 4) is 34.5 Å². The third kappa shape index (κ3) is 2.17. The molecule has 0 bridgehead atoms. The van der Waals surface area contributed by atoms with Crippen LogP contribution in [-0.4, -0.2) is 13.2 Å². The molecule has 2 aromatic carbocycles. The average molecular weight is 265 g/mol. The van der Waals surface area contributed by atoms with Gasteiger partial charge in [0.15, 0.2) is 11.5 Å². The third-order valence-corrected chi connectivity index (χ3v) is 3.20. The second-order valence-electron chi connectivity index (χ2n) is 4.50. The second kappa shape index (κ2) is 5.18. The SMILES string of the molecule is CC#Cc1c(N)cccc1-c1ccc2c(c1)OCCO2. The highest BCUT2D eigenvalue weighted by molar-refractivity contribution is 5.79. The van der Waals surface area contributed by atoms with E-state index >= 15 is 0 Å². The topological polar surface area (TPSA) is 44.5 Å². The maximum Gasteiger partial charge on any atom is 0.161 e. The highest BCUT2D eigenvalue weighted by atomic mass is 16.6. The lowest BCUT2D eigenvalue weighted by atomic mass is 9.98. The van der Waals surface area contributed by atoms with Crippen molar-refractivity contribution >= 4 is 5.69 Å². The van der Waals surface area contributed by atoms with Crippen molar-refractivity contribution in [2.45, 2.75) is 6.92 Å². The molecule has 0 aromatic heterocycles. The number of nitrogen functional groups attached to an aromatic ring is 1. The minimum absolute atomic E-state index is 0.578. The number of hydrogen-bond acceptors (Lipinski definition) is 3. The monoisotopic (exact) mass is 265 g/mol. The van der Waals surface area contributed by atoms with Crippen LogP contribution in [0.3, 0.4) is 0 Å². The van der Waals surface area contributed by atoms with Crippen molar-refractivity contribution in [3.63, 3.8) is 0 Å². The molecule has 0 radical (unpaired) electrons. The fourth-order valence-corrected chi connectivity index (χ4v) is 2.29. The first-order valence-corrected chi connectivity index (χ1v) is 6.51. The molecule has 2 aromatic rings. The zero-order valence-corrected chi connectivity index (χ0v) is 11.3. The molecule has 1 heterocycles. The van der Waals surface area contributed by atoms with Crippen LogP contribution in [0.4, 0.5) is 5.69 Å². The highest BCUT2D eigenvalue weighted by Crippen LogP contribution is 2.36. The Morgan fingerprint density at radius 2 is 1.85 bits per heavy atom. The van der Waals surface area contributed by atoms with Gasteiger partial charge in [0.05, 0.1) is 5.56 Å². The summed E-state index contributed by atoms with van der Waals surface area (Å²) in [7, 11) is 0. The molecule has 2 N–H and O–H groups in total. The van der Waals surface area contributed by atoms with E-state index in [2.05, 4.69) is 11.8 Å². The molecule has 3 nitrogen and oxygen atoms in total. The van der Waals surface area contributed by atoms with Gasteiger partial charge in [0.1, 0.15) is 13.2 Å². The molecular weight excluding hydrogens is 250 g/mol. The summed E-state index contributed by atoms with van der Waals surface area (Å²) in [4.78, 5) is 0. The van der Waals surface area contributed by atoms with Gasteiger partial charge in [0.25, 0.3) is 0 Å². The number of anilines is 1. The Morgan fingerprint density at radius 1 is 1.05 bits per heavy atom. The molecule has 0 fully saturated rings. The van der Waals surface area contributed by atoms with Crippen LogP contribution in [-0.2, 0) is 0 Å². The Labute approximate surface area is 118 Å². The first-order chi connectivity index (χ1) is 9.79. The first kappa shape index (κ1) is 12.4. The molecule has 100 valence electrons. The maximum absolute atomic E-state index is 6.02. The quantitative estimate of drug-likeness (QED) is 0.636. The third-order valence-electron chi connectivity index (χ3n) is 3.20. The molecule has 0 saturated carbocycles. The van der Waals surface area contributed by atoms with Crippen LogP contribution >= 0.6 is 0 Å². The first-order valence-electron chi connectivity index (χ1n) is 6.51. The normalized spacial score (nSPS) is 12.4. The summed E-state index contributed by atoms with van der Waals surface area (Å²) >= 11 is 0. The standard InChI is InChI=1S/C17H15NO2/c1-2-4-14-13(5-3-6-15(14)18)12-7-8-16-17(11-12)20-10-9-19-16/h3,5-8,11H,9-10,18H2,1H3. The van der Waals surface area contributed by atoms with E-state index in [1.807, 2.05) is 36.4 Å². The fourth-order valence-electron chi connectivity index (χ4n) is 2.29. The van der Waals surface area contributed by atoms with Crippen molar-refractivity contribution in [2.75, 3.05) is 18.9 Å². The van der Waals surface area contributed by atoms with Gasteiger partial charge in [-0.3, -0.25) is 0 Å². The summed E-state index contributed by atoms with van der Waals surface area (Å²) in [5, 5.41) is 0. The number of benzene rings is 2. The van der Waals surface area contributed by atoms with E-state index in [0.29, 0.717) is 18.9 Å². The molecule has 3 heteroatoms. The molecule has 0 atom stereocenters. The van der Waals surface area contributed by atoms with Gasteiger partial charge in [-0.05, 0) is 36.2 Å². The van der Waals surface area contributed by atoms with Gasteiger partial charge in [-0.2, -0.15) is 0 Å². The van der Waals surface area contributed by atoms with E-state index in [4.69, 9.17) is 15.2 Å². The van der Waals surface area contributed by atoms with Crippen LogP contribution in [0.15, 0.2) is 36.4 Å². The summed E-state index contributed by atoms with van der Waals surface area (Å²) in [6.07, 6.45) is 0. The average Bonchev–Trinajstić information content (AvgIpc) is 2.49. The van der Waals surface area contributed by atoms with Gasteiger partial charge in [-0.1, -0.05) is 24.1 Å². The van der Waals surface area contributed by atoms with E-state index in [0.717, 1.165) is 28.2 Å². The summed E-state index contributed by atoms with van der Waals surface area (Å²) in [5.41, 5.74) is 9.60. The largest absolute Gasteiger partial charge is 0.486 e. The zero-order chi connectivity index (χ0) is 13.9. The molecule has 0 unspecified atom stereocenters. The van der Waals surface area contributed by atoms with Gasteiger partial charge in [-0.15, -0.1) is 5.92 Å². The van der Waals surface area contributed by atoms with Crippen molar-refractivity contribution < 1.29 is 9.47 Å². The lowest BCUT2D eigenvalue weighted by molar-refractivity contribution is 0.171. The van der Waals surface area contributed by atoms with Crippen molar-refractivity contribution in [1.29, 1.82) is 0 Å². The Bertz CT molecular complexity index is 711. The molecular formula is C17H15NO2. The zero-order valence-electron chi connectivity index (χ0n) is 11.3. The fraction of sp³-hybridized carbons (Fsp3) is 0.176. The van der Waals surface area contributed by atoms with Crippen molar-refractivity contribution in [1.82, 2.24) is 0 Å². The number of fused-ring (bicyclic) bond motifs is 1. The molecule has 1 aliphatic heterocycles. The summed E-state index contributed by atoms with van der Waals surface area (Å²) in [5.74, 6) is 7.54. The van der Waals surface area contributed by atoms with Gasteiger partial charge in [0, 0.05) is 5.69 Å². The minimum Gasteiger partial charge on any atom is -0.486 e. The molecule has 0 aliphatic carbocycles. The van der Waals surface area contributed by atoms with Crippen LogP contribution in [0, 0.1) is 11.8 Å². The van der Waals surface area contributed by atoms with Crippen molar-refractivity contribution in [2.24, 2.45) is 0 Å². The maximum atomic E-state index is 6.02. The van der Waals surface area contributed by atoms with E-state index < -0.39 is 0 Å². The second-order valence-corrected chi connectivity index (χ2v) is 4.50. The Morgan fingerprint density at radius 3 is 2.65 bits per heavy atom. The molecule has 0 saturated heterocycles. The number of nitrogens with two attached hydrogens (primary N) is 1. The molecule has 1 aliphatic rings. The molecule has 0 spiro atoms. The smallest absolute Gasteiger partial charge is 0.161 e. The summed E-state index contributed by atoms with van der Waals surface area (Å²) in [6, 6.07) is 11.7. The minimum atomic E-state index is 0.578. The van der Waals surface area contributed by atoms with E-state index in [-0.39, 0.29) is 0 Å².